The summed E-state index contributed by atoms with van der Waals surface area (Å²) in [5.41, 5.74) is 0.381. The van der Waals surface area contributed by atoms with Gasteiger partial charge < -0.3 is 15.0 Å². The van der Waals surface area contributed by atoms with Crippen LogP contribution in [-0.4, -0.2) is 36.6 Å². The standard InChI is InChI=1S/C18H20F2N4O3/c1-24(2)18-21-13(9-14(25)22-18)16(26)23-15(10-3-4-10)11-5-7-12(8-6-11)27-17(19)20/h5-10,15,17H,3-4H2,1-2H3,(H,23,26)(H,21,22,25). The highest BCUT2D eigenvalue weighted by Gasteiger charge is 2.34. The Kier molecular flexibility index (Phi) is 5.38. The lowest BCUT2D eigenvalue weighted by Gasteiger charge is -2.19. The molecule has 1 unspecified atom stereocenters. The molecule has 144 valence electrons. The summed E-state index contributed by atoms with van der Waals surface area (Å²) in [6.07, 6.45) is 1.90. The molecule has 2 aromatic rings. The highest BCUT2D eigenvalue weighted by molar-refractivity contribution is 5.92. The molecule has 1 heterocycles. The average Bonchev–Trinajstić information content (AvgIpc) is 3.44. The second kappa shape index (κ2) is 7.73. The molecule has 9 heteroatoms. The van der Waals surface area contributed by atoms with Gasteiger partial charge in [0.15, 0.2) is 0 Å². The summed E-state index contributed by atoms with van der Waals surface area (Å²) in [4.78, 5) is 32.7. The molecule has 27 heavy (non-hydrogen) atoms. The lowest BCUT2D eigenvalue weighted by Crippen LogP contribution is -2.32. The van der Waals surface area contributed by atoms with E-state index in [-0.39, 0.29) is 29.4 Å². The van der Waals surface area contributed by atoms with Crippen LogP contribution in [-0.2, 0) is 0 Å². The van der Waals surface area contributed by atoms with Gasteiger partial charge in [-0.2, -0.15) is 8.78 Å². The van der Waals surface area contributed by atoms with Gasteiger partial charge in [-0.05, 0) is 36.5 Å². The van der Waals surface area contributed by atoms with Crippen LogP contribution < -0.4 is 20.5 Å². The summed E-state index contributed by atoms with van der Waals surface area (Å²) >= 11 is 0. The monoisotopic (exact) mass is 378 g/mol. The van der Waals surface area contributed by atoms with Gasteiger partial charge in [-0.1, -0.05) is 12.1 Å². The number of benzene rings is 1. The number of rotatable bonds is 7. The topological polar surface area (TPSA) is 87.3 Å². The molecule has 0 aliphatic heterocycles. The van der Waals surface area contributed by atoms with E-state index in [4.69, 9.17) is 0 Å². The number of nitrogens with zero attached hydrogens (tertiary/aromatic N) is 2. The molecule has 1 amide bonds. The van der Waals surface area contributed by atoms with Gasteiger partial charge in [-0.15, -0.1) is 0 Å². The minimum Gasteiger partial charge on any atom is -0.435 e. The number of anilines is 1. The van der Waals surface area contributed by atoms with E-state index < -0.39 is 18.1 Å². The van der Waals surface area contributed by atoms with Crippen LogP contribution in [0.1, 0.15) is 34.9 Å². The number of hydrogen-bond donors (Lipinski definition) is 2. The molecule has 0 spiro atoms. The number of nitrogens with one attached hydrogen (secondary N) is 2. The Balaban J connectivity index is 1.79. The molecule has 7 nitrogen and oxygen atoms in total. The molecule has 1 fully saturated rings. The van der Waals surface area contributed by atoms with Crippen molar-refractivity contribution in [1.29, 1.82) is 0 Å². The summed E-state index contributed by atoms with van der Waals surface area (Å²) in [6.45, 7) is -2.89. The maximum atomic E-state index is 12.6. The average molecular weight is 378 g/mol. The molecular weight excluding hydrogens is 358 g/mol. The zero-order valence-corrected chi connectivity index (χ0v) is 14.9. The van der Waals surface area contributed by atoms with Crippen molar-refractivity contribution in [3.05, 3.63) is 51.9 Å². The summed E-state index contributed by atoms with van der Waals surface area (Å²) < 4.78 is 28.9. The van der Waals surface area contributed by atoms with E-state index in [2.05, 4.69) is 20.0 Å². The van der Waals surface area contributed by atoms with Gasteiger partial charge in [0, 0.05) is 20.2 Å². The van der Waals surface area contributed by atoms with Crippen LogP contribution in [0, 0.1) is 5.92 Å². The lowest BCUT2D eigenvalue weighted by molar-refractivity contribution is -0.0498. The molecular formula is C18H20F2N4O3. The molecule has 1 saturated carbocycles. The minimum atomic E-state index is -2.89. The third-order valence-electron chi connectivity index (χ3n) is 4.23. The number of hydrogen-bond acceptors (Lipinski definition) is 5. The Morgan fingerprint density at radius 3 is 2.52 bits per heavy atom. The molecule has 0 radical (unpaired) electrons. The largest absolute Gasteiger partial charge is 0.435 e. The highest BCUT2D eigenvalue weighted by Crippen LogP contribution is 2.41. The first-order chi connectivity index (χ1) is 12.8. The Morgan fingerprint density at radius 2 is 1.96 bits per heavy atom. The first-order valence-electron chi connectivity index (χ1n) is 8.48. The van der Waals surface area contributed by atoms with Crippen LogP contribution in [0.3, 0.4) is 0 Å². The summed E-state index contributed by atoms with van der Waals surface area (Å²) in [5.74, 6) is 0.130. The molecule has 1 aliphatic carbocycles. The summed E-state index contributed by atoms with van der Waals surface area (Å²) in [6, 6.07) is 7.04. The predicted octanol–water partition coefficient (Wildman–Crippen LogP) is 2.32. The molecule has 2 N–H and O–H groups in total. The molecule has 0 bridgehead atoms. The van der Waals surface area contributed by atoms with Gasteiger partial charge in [0.25, 0.3) is 11.5 Å². The first kappa shape index (κ1) is 18.8. The second-order valence-electron chi connectivity index (χ2n) is 6.58. The Bertz CT molecular complexity index is 864. The van der Waals surface area contributed by atoms with Crippen LogP contribution in [0.2, 0.25) is 0 Å². The number of halogens is 2. The number of H-pyrrole nitrogens is 1. The van der Waals surface area contributed by atoms with Crippen LogP contribution >= 0.6 is 0 Å². The minimum absolute atomic E-state index is 0.0192. The van der Waals surface area contributed by atoms with E-state index >= 15 is 0 Å². The zero-order valence-electron chi connectivity index (χ0n) is 14.9. The normalized spacial score (nSPS) is 14.7. The molecule has 0 saturated heterocycles. The third kappa shape index (κ3) is 4.81. The lowest BCUT2D eigenvalue weighted by atomic mass is 10.0. The molecule has 3 rings (SSSR count). The van der Waals surface area contributed by atoms with Crippen LogP contribution in [0.25, 0.3) is 0 Å². The van der Waals surface area contributed by atoms with Crippen molar-refractivity contribution in [3.63, 3.8) is 0 Å². The van der Waals surface area contributed by atoms with Gasteiger partial charge in [-0.3, -0.25) is 14.6 Å². The maximum absolute atomic E-state index is 12.6. The van der Waals surface area contributed by atoms with Crippen LogP contribution in [0.5, 0.6) is 5.75 Å². The van der Waals surface area contributed by atoms with Gasteiger partial charge in [0.1, 0.15) is 11.4 Å². The molecule has 1 aromatic carbocycles. The van der Waals surface area contributed by atoms with E-state index in [1.165, 1.54) is 12.1 Å². The SMILES string of the molecule is CN(C)c1nc(C(=O)NC(c2ccc(OC(F)F)cc2)C2CC2)cc(=O)[nH]1. The van der Waals surface area contributed by atoms with Crippen molar-refractivity contribution in [2.24, 2.45) is 5.92 Å². The summed E-state index contributed by atoms with van der Waals surface area (Å²) in [7, 11) is 3.41. The number of carbonyl (C=O) groups excluding carboxylic acids is 1. The smallest absolute Gasteiger partial charge is 0.387 e. The van der Waals surface area contributed by atoms with Crippen molar-refractivity contribution in [1.82, 2.24) is 15.3 Å². The van der Waals surface area contributed by atoms with Crippen molar-refractivity contribution in [2.75, 3.05) is 19.0 Å². The second-order valence-corrected chi connectivity index (χ2v) is 6.58. The number of aromatic nitrogens is 2. The number of carbonyl (C=O) groups is 1. The van der Waals surface area contributed by atoms with E-state index in [1.807, 2.05) is 0 Å². The van der Waals surface area contributed by atoms with E-state index in [0.717, 1.165) is 24.5 Å². The van der Waals surface area contributed by atoms with Crippen molar-refractivity contribution < 1.29 is 18.3 Å². The Labute approximate surface area is 154 Å². The first-order valence-corrected chi connectivity index (χ1v) is 8.48. The van der Waals surface area contributed by atoms with E-state index in [0.29, 0.717) is 0 Å². The fourth-order valence-corrected chi connectivity index (χ4v) is 2.75. The molecule has 1 atom stereocenters. The van der Waals surface area contributed by atoms with Crippen molar-refractivity contribution in [2.45, 2.75) is 25.5 Å². The quantitative estimate of drug-likeness (QED) is 0.772. The fourth-order valence-electron chi connectivity index (χ4n) is 2.75. The van der Waals surface area contributed by atoms with Gasteiger partial charge in [0.05, 0.1) is 6.04 Å². The van der Waals surface area contributed by atoms with Crippen molar-refractivity contribution >= 4 is 11.9 Å². The fraction of sp³-hybridized carbons (Fsp3) is 0.389. The molecule has 1 aliphatic rings. The number of aromatic amines is 1. The van der Waals surface area contributed by atoms with Gasteiger partial charge >= 0.3 is 6.61 Å². The Hall–Kier alpha value is -2.97. The zero-order chi connectivity index (χ0) is 19.6. The van der Waals surface area contributed by atoms with Gasteiger partial charge in [-0.25, -0.2) is 4.98 Å². The van der Waals surface area contributed by atoms with Crippen molar-refractivity contribution in [3.8, 4) is 5.75 Å². The van der Waals surface area contributed by atoms with E-state index in [9.17, 15) is 18.4 Å². The maximum Gasteiger partial charge on any atom is 0.387 e. The van der Waals surface area contributed by atoms with Crippen LogP contribution in [0.4, 0.5) is 14.7 Å². The third-order valence-corrected chi connectivity index (χ3v) is 4.23. The highest BCUT2D eigenvalue weighted by atomic mass is 19.3. The number of ether oxygens (including phenoxy) is 1. The number of alkyl halides is 2. The van der Waals surface area contributed by atoms with Gasteiger partial charge in [0.2, 0.25) is 5.95 Å². The Morgan fingerprint density at radius 1 is 1.30 bits per heavy atom. The predicted molar refractivity (Wildman–Crippen MR) is 95.2 cm³/mol. The number of amides is 1. The van der Waals surface area contributed by atoms with E-state index in [1.54, 1.807) is 31.1 Å². The van der Waals surface area contributed by atoms with Crippen LogP contribution in [0.15, 0.2) is 35.1 Å². The molecule has 1 aromatic heterocycles. The summed E-state index contributed by atoms with van der Waals surface area (Å²) in [5, 5.41) is 2.90.